The van der Waals surface area contributed by atoms with Gasteiger partial charge in [-0.25, -0.2) is 0 Å². The van der Waals surface area contributed by atoms with Crippen LogP contribution in [0.5, 0.6) is 11.5 Å². The number of fused-ring (bicyclic) bond motifs is 2. The summed E-state index contributed by atoms with van der Waals surface area (Å²) < 4.78 is 18.8. The number of aromatic nitrogens is 3. The average Bonchev–Trinajstić information content (AvgIpc) is 3.42. The Hall–Kier alpha value is -4.43. The molecule has 5 aromatic rings. The minimum atomic E-state index is -0.0799. The van der Waals surface area contributed by atoms with E-state index in [0.717, 1.165) is 49.5 Å². The smallest absolute Gasteiger partial charge is 0.200 e. The molecule has 198 valence electrons. The van der Waals surface area contributed by atoms with E-state index in [0.29, 0.717) is 35.4 Å². The van der Waals surface area contributed by atoms with Crippen LogP contribution < -0.4 is 14.9 Å². The highest BCUT2D eigenvalue weighted by Crippen LogP contribution is 2.25. The van der Waals surface area contributed by atoms with Crippen LogP contribution in [0.4, 0.5) is 0 Å². The molecule has 3 aromatic carbocycles. The van der Waals surface area contributed by atoms with E-state index < -0.39 is 0 Å². The minimum absolute atomic E-state index is 0.0799. The van der Waals surface area contributed by atoms with Crippen molar-refractivity contribution in [3.63, 3.8) is 0 Å². The lowest BCUT2D eigenvalue weighted by Crippen LogP contribution is -2.30. The summed E-state index contributed by atoms with van der Waals surface area (Å²) in [5.74, 6) is 1.39. The van der Waals surface area contributed by atoms with Crippen molar-refractivity contribution in [3.8, 4) is 22.6 Å². The molecule has 2 aromatic heterocycles. The summed E-state index contributed by atoms with van der Waals surface area (Å²) in [5.41, 5.74) is 5.54. The molecule has 0 bridgehead atoms. The Morgan fingerprint density at radius 3 is 2.67 bits per heavy atom. The normalized spacial score (nSPS) is 13.4. The number of nitrogens with zero attached hydrogens (tertiary/aromatic N) is 4. The van der Waals surface area contributed by atoms with Crippen molar-refractivity contribution in [3.05, 3.63) is 106 Å². The van der Waals surface area contributed by atoms with E-state index in [4.69, 9.17) is 13.9 Å². The number of methoxy groups -OCH3 is 1. The summed E-state index contributed by atoms with van der Waals surface area (Å²) in [6, 6.07) is 21.3. The first-order valence-electron chi connectivity index (χ1n) is 13.2. The summed E-state index contributed by atoms with van der Waals surface area (Å²) >= 11 is 0. The molecule has 0 radical (unpaired) electrons. The first kappa shape index (κ1) is 24.9. The van der Waals surface area contributed by atoms with Gasteiger partial charge in [-0.3, -0.25) is 14.4 Å². The maximum absolute atomic E-state index is 13.0. The SMILES string of the molecule is COc1ccc(-c2coc3cc(OCCCn4cc(CN5CCc6ccccc6C5)nn4)ccc3c2=O)cc1. The molecule has 0 atom stereocenters. The molecule has 0 fully saturated rings. The number of benzene rings is 3. The van der Waals surface area contributed by atoms with Crippen molar-refractivity contribution in [1.82, 2.24) is 19.9 Å². The van der Waals surface area contributed by atoms with Crippen LogP contribution in [-0.4, -0.2) is 40.2 Å². The van der Waals surface area contributed by atoms with Gasteiger partial charge in [0.15, 0.2) is 5.43 Å². The zero-order valence-electron chi connectivity index (χ0n) is 21.9. The standard InChI is InChI=1S/C31H30N4O4/c1-37-26-9-7-23(8-10-26)29-21-39-30-17-27(11-12-28(30)31(29)36)38-16-4-14-35-20-25(32-33-35)19-34-15-13-22-5-2-3-6-24(22)18-34/h2-3,5-12,17,20-21H,4,13-16,18-19H2,1H3. The van der Waals surface area contributed by atoms with Crippen LogP contribution >= 0.6 is 0 Å². The largest absolute Gasteiger partial charge is 0.497 e. The predicted molar refractivity (Wildman–Crippen MR) is 149 cm³/mol. The second-order valence-electron chi connectivity index (χ2n) is 9.77. The van der Waals surface area contributed by atoms with E-state index in [2.05, 4.69) is 39.5 Å². The van der Waals surface area contributed by atoms with Crippen LogP contribution in [0.3, 0.4) is 0 Å². The minimum Gasteiger partial charge on any atom is -0.497 e. The zero-order chi connectivity index (χ0) is 26.6. The Morgan fingerprint density at radius 2 is 1.82 bits per heavy atom. The van der Waals surface area contributed by atoms with E-state index in [9.17, 15) is 4.79 Å². The fourth-order valence-corrected chi connectivity index (χ4v) is 5.02. The van der Waals surface area contributed by atoms with E-state index in [1.54, 1.807) is 25.3 Å². The van der Waals surface area contributed by atoms with Crippen LogP contribution in [0.1, 0.15) is 23.2 Å². The monoisotopic (exact) mass is 522 g/mol. The van der Waals surface area contributed by atoms with Crippen LogP contribution in [0, 0.1) is 0 Å². The molecular weight excluding hydrogens is 492 g/mol. The quantitative estimate of drug-likeness (QED) is 0.250. The lowest BCUT2D eigenvalue weighted by Gasteiger charge is -2.27. The number of ether oxygens (including phenoxy) is 2. The van der Waals surface area contributed by atoms with Gasteiger partial charge in [0.2, 0.25) is 0 Å². The molecule has 1 aliphatic rings. The van der Waals surface area contributed by atoms with Gasteiger partial charge >= 0.3 is 0 Å². The molecule has 0 spiro atoms. The van der Waals surface area contributed by atoms with Crippen molar-refractivity contribution < 1.29 is 13.9 Å². The van der Waals surface area contributed by atoms with Crippen LogP contribution in [0.15, 0.2) is 88.4 Å². The molecule has 6 rings (SSSR count). The van der Waals surface area contributed by atoms with Crippen molar-refractivity contribution in [2.24, 2.45) is 0 Å². The highest BCUT2D eigenvalue weighted by molar-refractivity contribution is 5.82. The first-order valence-corrected chi connectivity index (χ1v) is 13.2. The third kappa shape index (κ3) is 5.56. The number of aryl methyl sites for hydroxylation is 1. The summed E-state index contributed by atoms with van der Waals surface area (Å²) in [6.45, 7) is 4.01. The second kappa shape index (κ2) is 11.1. The molecule has 1 aliphatic heterocycles. The first-order chi connectivity index (χ1) is 19.2. The van der Waals surface area contributed by atoms with Crippen molar-refractivity contribution >= 4 is 11.0 Å². The lowest BCUT2D eigenvalue weighted by atomic mass is 10.00. The van der Waals surface area contributed by atoms with Crippen LogP contribution in [0.25, 0.3) is 22.1 Å². The Labute approximate surface area is 226 Å². The van der Waals surface area contributed by atoms with Crippen LogP contribution in [0.2, 0.25) is 0 Å². The summed E-state index contributed by atoms with van der Waals surface area (Å²) in [7, 11) is 1.61. The van der Waals surface area contributed by atoms with Crippen molar-refractivity contribution in [1.29, 1.82) is 0 Å². The van der Waals surface area contributed by atoms with Gasteiger partial charge in [-0.15, -0.1) is 5.10 Å². The number of hydrogen-bond donors (Lipinski definition) is 0. The van der Waals surface area contributed by atoms with E-state index >= 15 is 0 Å². The van der Waals surface area contributed by atoms with Gasteiger partial charge in [0, 0.05) is 44.9 Å². The van der Waals surface area contributed by atoms with Gasteiger partial charge < -0.3 is 13.9 Å². The molecule has 0 saturated heterocycles. The van der Waals surface area contributed by atoms with Gasteiger partial charge in [0.05, 0.1) is 30.4 Å². The molecule has 0 aliphatic carbocycles. The summed E-state index contributed by atoms with van der Waals surface area (Å²) in [6.07, 6.45) is 5.37. The second-order valence-corrected chi connectivity index (χ2v) is 9.77. The predicted octanol–water partition coefficient (Wildman–Crippen LogP) is 5.09. The summed E-state index contributed by atoms with van der Waals surface area (Å²) in [4.78, 5) is 15.5. The van der Waals surface area contributed by atoms with Gasteiger partial charge in [0.25, 0.3) is 0 Å². The van der Waals surface area contributed by atoms with Gasteiger partial charge in [-0.05, 0) is 47.4 Å². The van der Waals surface area contributed by atoms with Gasteiger partial charge in [-0.2, -0.15) is 0 Å². The van der Waals surface area contributed by atoms with E-state index in [1.165, 1.54) is 17.4 Å². The molecular formula is C31H30N4O4. The van der Waals surface area contributed by atoms with E-state index in [-0.39, 0.29) is 5.43 Å². The Balaban J connectivity index is 1.02. The molecule has 0 saturated carbocycles. The number of hydrogen-bond acceptors (Lipinski definition) is 7. The highest BCUT2D eigenvalue weighted by atomic mass is 16.5. The fraction of sp³-hybridized carbons (Fsp3) is 0.258. The van der Waals surface area contributed by atoms with Gasteiger partial charge in [0.1, 0.15) is 23.3 Å². The molecule has 39 heavy (non-hydrogen) atoms. The van der Waals surface area contributed by atoms with Gasteiger partial charge in [-0.1, -0.05) is 41.6 Å². The Bertz CT molecular complexity index is 1640. The molecule has 0 amide bonds. The maximum atomic E-state index is 13.0. The third-order valence-electron chi connectivity index (χ3n) is 7.13. The van der Waals surface area contributed by atoms with Crippen LogP contribution in [-0.2, 0) is 26.1 Å². The summed E-state index contributed by atoms with van der Waals surface area (Å²) in [5, 5.41) is 9.17. The molecule has 8 nitrogen and oxygen atoms in total. The average molecular weight is 523 g/mol. The molecule has 0 unspecified atom stereocenters. The Kier molecular flexibility index (Phi) is 7.10. The number of rotatable bonds is 9. The van der Waals surface area contributed by atoms with E-state index in [1.807, 2.05) is 35.1 Å². The Morgan fingerprint density at radius 1 is 1.00 bits per heavy atom. The maximum Gasteiger partial charge on any atom is 0.200 e. The van der Waals surface area contributed by atoms with Crippen molar-refractivity contribution in [2.75, 3.05) is 20.3 Å². The zero-order valence-corrected chi connectivity index (χ0v) is 21.9. The molecule has 0 N–H and O–H groups in total. The molecule has 8 heteroatoms. The van der Waals surface area contributed by atoms with Crippen molar-refractivity contribution in [2.45, 2.75) is 32.5 Å². The molecule has 3 heterocycles. The topological polar surface area (TPSA) is 82.6 Å². The third-order valence-corrected chi connectivity index (χ3v) is 7.13. The lowest BCUT2D eigenvalue weighted by molar-refractivity contribution is 0.242. The fourth-order valence-electron chi connectivity index (χ4n) is 5.02. The highest BCUT2D eigenvalue weighted by Gasteiger charge is 2.17.